The maximum atomic E-state index is 14.7. The minimum atomic E-state index is -2.18. The number of halogens is 4. The lowest BCUT2D eigenvalue weighted by atomic mass is 9.57. The first-order valence-corrected chi connectivity index (χ1v) is 5.96. The van der Waals surface area contributed by atoms with Gasteiger partial charge in [-0.25, -0.2) is 17.6 Å². The molecule has 5 aliphatic carbocycles. The van der Waals surface area contributed by atoms with E-state index in [4.69, 9.17) is 0 Å². The number of hydrogen-bond acceptors (Lipinski definition) is 0. The molecule has 3 saturated carbocycles. The molecule has 0 nitrogen and oxygen atoms in total. The van der Waals surface area contributed by atoms with Crippen molar-refractivity contribution in [3.05, 3.63) is 11.7 Å². The van der Waals surface area contributed by atoms with Crippen LogP contribution in [0.2, 0.25) is 0 Å². The summed E-state index contributed by atoms with van der Waals surface area (Å²) in [6.07, 6.45) is 2.03. The molecule has 0 heterocycles. The van der Waals surface area contributed by atoms with E-state index in [0.29, 0.717) is 25.7 Å². The van der Waals surface area contributed by atoms with E-state index in [0.717, 1.165) is 0 Å². The van der Waals surface area contributed by atoms with Crippen LogP contribution in [0.1, 0.15) is 25.7 Å². The molecule has 0 N–H and O–H groups in total. The van der Waals surface area contributed by atoms with Gasteiger partial charge in [0.2, 0.25) is 0 Å². The molecule has 4 heteroatoms. The van der Waals surface area contributed by atoms with Gasteiger partial charge in [0.1, 0.15) is 0 Å². The predicted molar refractivity (Wildman–Crippen MR) is 49.3 cm³/mol. The van der Waals surface area contributed by atoms with Crippen LogP contribution in [0.4, 0.5) is 17.6 Å². The molecule has 0 radical (unpaired) electrons. The Bertz CT molecular complexity index is 355. The lowest BCUT2D eigenvalue weighted by molar-refractivity contribution is -0.120. The van der Waals surface area contributed by atoms with Crippen LogP contribution in [0.15, 0.2) is 11.7 Å². The summed E-state index contributed by atoms with van der Waals surface area (Å²) in [5.74, 6) is -5.34. The summed E-state index contributed by atoms with van der Waals surface area (Å²) in [5.41, 5.74) is -4.35. The molecule has 0 aliphatic heterocycles. The second kappa shape index (κ2) is 2.34. The SMILES string of the molecule is FC1=C(F)C2(F)C3CCC2C2CCC3C12F. The Balaban J connectivity index is 2.06. The van der Waals surface area contributed by atoms with Crippen LogP contribution in [0.3, 0.4) is 0 Å². The van der Waals surface area contributed by atoms with E-state index in [1.165, 1.54) is 0 Å². The molecule has 16 heavy (non-hydrogen) atoms. The van der Waals surface area contributed by atoms with Gasteiger partial charge in [-0.2, -0.15) is 0 Å². The van der Waals surface area contributed by atoms with Crippen LogP contribution in [0.5, 0.6) is 0 Å². The second-order valence-corrected chi connectivity index (χ2v) is 5.74. The van der Waals surface area contributed by atoms with Gasteiger partial charge in [0.05, 0.1) is 0 Å². The summed E-state index contributed by atoms with van der Waals surface area (Å²) in [6.45, 7) is 0. The van der Waals surface area contributed by atoms with Crippen LogP contribution in [-0.2, 0) is 0 Å². The summed E-state index contributed by atoms with van der Waals surface area (Å²) in [7, 11) is 0. The average Bonchev–Trinajstić information content (AvgIpc) is 2.63. The molecule has 0 aromatic rings. The molecule has 5 aliphatic rings. The normalized spacial score (nSPS) is 62.2. The number of alkyl halides is 2. The zero-order valence-corrected chi connectivity index (χ0v) is 8.65. The molecule has 0 aromatic carbocycles. The van der Waals surface area contributed by atoms with Gasteiger partial charge >= 0.3 is 0 Å². The zero-order valence-electron chi connectivity index (χ0n) is 8.65. The fourth-order valence-electron chi connectivity index (χ4n) is 5.07. The minimum Gasteiger partial charge on any atom is -0.235 e. The quantitative estimate of drug-likeness (QED) is 0.559. The van der Waals surface area contributed by atoms with Crippen LogP contribution in [0, 0.1) is 23.7 Å². The van der Waals surface area contributed by atoms with Crippen LogP contribution < -0.4 is 0 Å². The molecule has 0 saturated heterocycles. The Morgan fingerprint density at radius 1 is 0.688 bits per heavy atom. The lowest BCUT2D eigenvalue weighted by Crippen LogP contribution is -2.61. The van der Waals surface area contributed by atoms with E-state index in [2.05, 4.69) is 0 Å². The Labute approximate surface area is 90.7 Å². The molecule has 3 fully saturated rings. The van der Waals surface area contributed by atoms with Crippen molar-refractivity contribution in [1.29, 1.82) is 0 Å². The van der Waals surface area contributed by atoms with Crippen LogP contribution in [-0.4, -0.2) is 11.3 Å². The van der Waals surface area contributed by atoms with Crippen molar-refractivity contribution in [3.63, 3.8) is 0 Å². The summed E-state index contributed by atoms with van der Waals surface area (Å²) >= 11 is 0. The standard InChI is InChI=1S/C12H12F4/c13-9-10(14)12(16)7-3-4-8(12)6-2-1-5(7)11(6,9)15/h5-8H,1-4H2. The van der Waals surface area contributed by atoms with E-state index in [1.54, 1.807) is 0 Å². The molecule has 6 bridgehead atoms. The molecule has 4 unspecified atom stereocenters. The lowest BCUT2D eigenvalue weighted by Gasteiger charge is -2.52. The van der Waals surface area contributed by atoms with Gasteiger partial charge in [0, 0.05) is 23.7 Å². The molecule has 0 aromatic heterocycles. The van der Waals surface area contributed by atoms with Crippen molar-refractivity contribution in [3.8, 4) is 0 Å². The first-order chi connectivity index (χ1) is 7.52. The Morgan fingerprint density at radius 2 is 0.938 bits per heavy atom. The average molecular weight is 232 g/mol. The number of rotatable bonds is 0. The van der Waals surface area contributed by atoms with Crippen molar-refractivity contribution >= 4 is 0 Å². The van der Waals surface area contributed by atoms with Gasteiger partial charge in [0.25, 0.3) is 0 Å². The molecule has 0 spiro atoms. The topological polar surface area (TPSA) is 0 Å². The highest BCUT2D eigenvalue weighted by molar-refractivity contribution is 5.41. The Hall–Kier alpha value is -0.540. The van der Waals surface area contributed by atoms with E-state index < -0.39 is 46.7 Å². The summed E-state index contributed by atoms with van der Waals surface area (Å²) in [4.78, 5) is 0. The van der Waals surface area contributed by atoms with Crippen molar-refractivity contribution in [2.24, 2.45) is 23.7 Å². The predicted octanol–water partition coefficient (Wildman–Crippen LogP) is 3.63. The zero-order chi connectivity index (χ0) is 11.3. The molecular formula is C12H12F4. The van der Waals surface area contributed by atoms with Gasteiger partial charge < -0.3 is 0 Å². The first kappa shape index (κ1) is 9.49. The van der Waals surface area contributed by atoms with Gasteiger partial charge in [-0.3, -0.25) is 0 Å². The highest BCUT2D eigenvalue weighted by Gasteiger charge is 2.79. The van der Waals surface area contributed by atoms with Gasteiger partial charge in [-0.15, -0.1) is 0 Å². The maximum Gasteiger partial charge on any atom is 0.172 e. The van der Waals surface area contributed by atoms with E-state index in [-0.39, 0.29) is 0 Å². The van der Waals surface area contributed by atoms with E-state index >= 15 is 0 Å². The fourth-order valence-corrected chi connectivity index (χ4v) is 5.07. The minimum absolute atomic E-state index is 0.509. The molecule has 5 rings (SSSR count). The first-order valence-electron chi connectivity index (χ1n) is 5.96. The number of hydrogen-bond donors (Lipinski definition) is 0. The summed E-state index contributed by atoms with van der Waals surface area (Å²) < 4.78 is 56.8. The van der Waals surface area contributed by atoms with Crippen molar-refractivity contribution in [1.82, 2.24) is 0 Å². The summed E-state index contributed by atoms with van der Waals surface area (Å²) in [5, 5.41) is 0. The Kier molecular flexibility index (Phi) is 1.39. The Morgan fingerprint density at radius 3 is 1.19 bits per heavy atom. The van der Waals surface area contributed by atoms with Gasteiger partial charge in [-0.05, 0) is 25.7 Å². The fraction of sp³-hybridized carbons (Fsp3) is 0.833. The third-order valence-electron chi connectivity index (χ3n) is 5.57. The highest BCUT2D eigenvalue weighted by Crippen LogP contribution is 2.74. The van der Waals surface area contributed by atoms with Crippen molar-refractivity contribution < 1.29 is 17.6 Å². The summed E-state index contributed by atoms with van der Waals surface area (Å²) in [6, 6.07) is 0. The second-order valence-electron chi connectivity index (χ2n) is 5.74. The molecule has 88 valence electrons. The van der Waals surface area contributed by atoms with Gasteiger partial charge in [-0.1, -0.05) is 0 Å². The highest BCUT2D eigenvalue weighted by atomic mass is 19.2. The van der Waals surface area contributed by atoms with E-state index in [1.807, 2.05) is 0 Å². The third kappa shape index (κ3) is 0.633. The van der Waals surface area contributed by atoms with Gasteiger partial charge in [0.15, 0.2) is 23.0 Å². The maximum absolute atomic E-state index is 14.7. The van der Waals surface area contributed by atoms with E-state index in [9.17, 15) is 17.6 Å². The van der Waals surface area contributed by atoms with Crippen molar-refractivity contribution in [2.45, 2.75) is 37.0 Å². The van der Waals surface area contributed by atoms with Crippen molar-refractivity contribution in [2.75, 3.05) is 0 Å². The molecule has 0 amide bonds. The number of allylic oxidation sites excluding steroid dienone is 2. The molecule has 4 atom stereocenters. The smallest absolute Gasteiger partial charge is 0.172 e. The monoisotopic (exact) mass is 232 g/mol. The molecular weight excluding hydrogens is 220 g/mol. The van der Waals surface area contributed by atoms with Crippen LogP contribution in [0.25, 0.3) is 0 Å². The van der Waals surface area contributed by atoms with Crippen LogP contribution >= 0.6 is 0 Å². The third-order valence-corrected chi connectivity index (χ3v) is 5.57. The largest absolute Gasteiger partial charge is 0.235 e.